The van der Waals surface area contributed by atoms with Gasteiger partial charge in [-0.15, -0.1) is 0 Å². The van der Waals surface area contributed by atoms with Crippen LogP contribution in [-0.4, -0.2) is 34.6 Å². The van der Waals surface area contributed by atoms with Crippen molar-refractivity contribution in [2.75, 3.05) is 34.6 Å². The standard InChI is InChI=1S/C22H35N4O5P/c1-16(2)15-32(27,25-23-13-17-19(28-3)9-7-10-20(17)29-4)26-24-14-18-21(30-5)11-8-12-22(18)31-6/h7-12,16,23-24H,13-15H2,1-6H3,(H2,25,26,27). The largest absolute Gasteiger partial charge is 0.496 e. The zero-order valence-electron chi connectivity index (χ0n) is 19.7. The van der Waals surface area contributed by atoms with Gasteiger partial charge < -0.3 is 18.9 Å². The van der Waals surface area contributed by atoms with E-state index in [1.807, 2.05) is 50.2 Å². The van der Waals surface area contributed by atoms with Crippen molar-refractivity contribution in [3.05, 3.63) is 47.5 Å². The lowest BCUT2D eigenvalue weighted by atomic mass is 10.2. The van der Waals surface area contributed by atoms with Gasteiger partial charge in [0.15, 0.2) is 0 Å². The van der Waals surface area contributed by atoms with Gasteiger partial charge in [-0.05, 0) is 30.2 Å². The van der Waals surface area contributed by atoms with Gasteiger partial charge in [0.25, 0.3) is 0 Å². The molecule has 0 unspecified atom stereocenters. The monoisotopic (exact) mass is 466 g/mol. The Morgan fingerprint density at radius 1 is 0.719 bits per heavy atom. The molecule has 0 spiro atoms. The molecule has 4 N–H and O–H groups in total. The van der Waals surface area contributed by atoms with E-state index in [0.717, 1.165) is 11.1 Å². The van der Waals surface area contributed by atoms with Crippen molar-refractivity contribution >= 4 is 7.44 Å². The molecule has 32 heavy (non-hydrogen) atoms. The van der Waals surface area contributed by atoms with E-state index < -0.39 is 7.44 Å². The normalized spacial score (nSPS) is 11.5. The Kier molecular flexibility index (Phi) is 10.3. The van der Waals surface area contributed by atoms with E-state index in [4.69, 9.17) is 18.9 Å². The predicted octanol–water partition coefficient (Wildman–Crippen LogP) is 3.46. The van der Waals surface area contributed by atoms with E-state index in [9.17, 15) is 4.57 Å². The van der Waals surface area contributed by atoms with Crippen LogP contribution in [0.4, 0.5) is 0 Å². The second-order valence-corrected chi connectivity index (χ2v) is 9.82. The minimum atomic E-state index is -3.03. The maximum Gasteiger partial charge on any atom is 0.237 e. The van der Waals surface area contributed by atoms with Gasteiger partial charge in [-0.2, -0.15) is 10.4 Å². The smallest absolute Gasteiger partial charge is 0.237 e. The molecule has 2 rings (SSSR count). The highest BCUT2D eigenvalue weighted by Crippen LogP contribution is 2.37. The summed E-state index contributed by atoms with van der Waals surface area (Å²) >= 11 is 0. The summed E-state index contributed by atoms with van der Waals surface area (Å²) in [6.45, 7) is 4.75. The molecule has 0 aliphatic rings. The van der Waals surface area contributed by atoms with E-state index in [2.05, 4.69) is 21.2 Å². The molecule has 0 aliphatic heterocycles. The minimum Gasteiger partial charge on any atom is -0.496 e. The van der Waals surface area contributed by atoms with Gasteiger partial charge in [-0.25, -0.2) is 10.9 Å². The molecular formula is C22H35N4O5P. The molecule has 0 atom stereocenters. The number of ether oxygens (including phenoxy) is 4. The summed E-state index contributed by atoms with van der Waals surface area (Å²) in [6, 6.07) is 11.1. The number of hydrazine groups is 2. The lowest BCUT2D eigenvalue weighted by Crippen LogP contribution is -2.41. The molecule has 0 radical (unpaired) electrons. The van der Waals surface area contributed by atoms with Crippen LogP contribution in [0.1, 0.15) is 25.0 Å². The van der Waals surface area contributed by atoms with Crippen LogP contribution in [0.25, 0.3) is 0 Å². The summed E-state index contributed by atoms with van der Waals surface area (Å²) in [5.41, 5.74) is 7.79. The van der Waals surface area contributed by atoms with Gasteiger partial charge in [0.1, 0.15) is 23.0 Å². The molecule has 0 aliphatic carbocycles. The summed E-state index contributed by atoms with van der Waals surface area (Å²) < 4.78 is 35.2. The Morgan fingerprint density at radius 2 is 1.06 bits per heavy atom. The van der Waals surface area contributed by atoms with E-state index in [1.165, 1.54) is 0 Å². The average molecular weight is 467 g/mol. The van der Waals surface area contributed by atoms with E-state index in [1.54, 1.807) is 28.4 Å². The highest BCUT2D eigenvalue weighted by atomic mass is 31.2. The third-order valence-electron chi connectivity index (χ3n) is 4.73. The molecular weight excluding hydrogens is 431 g/mol. The van der Waals surface area contributed by atoms with Gasteiger partial charge >= 0.3 is 0 Å². The molecule has 10 heteroatoms. The molecule has 2 aromatic carbocycles. The van der Waals surface area contributed by atoms with Crippen LogP contribution < -0.4 is 40.2 Å². The summed E-state index contributed by atoms with van der Waals surface area (Å²) in [4.78, 5) is 0. The Bertz CT molecular complexity index is 800. The number of benzene rings is 2. The van der Waals surface area contributed by atoms with Crippen molar-refractivity contribution in [2.24, 2.45) is 5.92 Å². The topological polar surface area (TPSA) is 102 Å². The summed E-state index contributed by atoms with van der Waals surface area (Å²) in [5, 5.41) is 5.96. The number of methoxy groups -OCH3 is 4. The molecule has 178 valence electrons. The van der Waals surface area contributed by atoms with Crippen LogP contribution in [-0.2, 0) is 17.7 Å². The van der Waals surface area contributed by atoms with Gasteiger partial charge in [0.2, 0.25) is 7.44 Å². The first-order valence-electron chi connectivity index (χ1n) is 10.4. The molecule has 0 amide bonds. The second-order valence-electron chi connectivity index (χ2n) is 7.53. The third kappa shape index (κ3) is 7.12. The number of rotatable bonds is 14. The molecule has 0 bridgehead atoms. The zero-order valence-corrected chi connectivity index (χ0v) is 20.5. The third-order valence-corrected chi connectivity index (χ3v) is 7.01. The van der Waals surface area contributed by atoms with Crippen molar-refractivity contribution in [3.8, 4) is 23.0 Å². The van der Waals surface area contributed by atoms with Gasteiger partial charge in [-0.1, -0.05) is 26.0 Å². The summed E-state index contributed by atoms with van der Waals surface area (Å²) in [7, 11) is 3.39. The highest BCUT2D eigenvalue weighted by molar-refractivity contribution is 7.59. The Balaban J connectivity index is 2.06. The number of hydrogen-bond acceptors (Lipinski definition) is 7. The predicted molar refractivity (Wildman–Crippen MR) is 126 cm³/mol. The maximum absolute atomic E-state index is 13.5. The Morgan fingerprint density at radius 3 is 1.34 bits per heavy atom. The number of hydrogen-bond donors (Lipinski definition) is 4. The molecule has 0 aromatic heterocycles. The van der Waals surface area contributed by atoms with Crippen LogP contribution in [0.3, 0.4) is 0 Å². The van der Waals surface area contributed by atoms with Crippen LogP contribution in [0.2, 0.25) is 0 Å². The van der Waals surface area contributed by atoms with Crippen LogP contribution in [0, 0.1) is 5.92 Å². The van der Waals surface area contributed by atoms with Gasteiger partial charge in [-0.3, -0.25) is 4.57 Å². The first-order chi connectivity index (χ1) is 15.4. The van der Waals surface area contributed by atoms with Crippen molar-refractivity contribution in [2.45, 2.75) is 26.9 Å². The van der Waals surface area contributed by atoms with Crippen LogP contribution >= 0.6 is 7.44 Å². The SMILES string of the molecule is COc1cccc(OC)c1CNNP(=O)(CC(C)C)NNCc1c(OC)cccc1OC. The maximum atomic E-state index is 13.5. The lowest BCUT2D eigenvalue weighted by Gasteiger charge is -2.24. The molecule has 2 aromatic rings. The molecule has 0 fully saturated rings. The zero-order chi connectivity index (χ0) is 23.6. The minimum absolute atomic E-state index is 0.200. The van der Waals surface area contributed by atoms with E-state index in [0.29, 0.717) is 42.2 Å². The average Bonchev–Trinajstić information content (AvgIpc) is 2.78. The molecule has 0 heterocycles. The van der Waals surface area contributed by atoms with Crippen LogP contribution in [0.15, 0.2) is 36.4 Å². The van der Waals surface area contributed by atoms with Crippen molar-refractivity contribution in [1.82, 2.24) is 21.2 Å². The molecule has 0 saturated heterocycles. The fourth-order valence-electron chi connectivity index (χ4n) is 3.35. The Labute approximate surface area is 190 Å². The van der Waals surface area contributed by atoms with E-state index >= 15 is 0 Å². The molecule has 9 nitrogen and oxygen atoms in total. The van der Waals surface area contributed by atoms with Crippen molar-refractivity contribution in [1.29, 1.82) is 0 Å². The highest BCUT2D eigenvalue weighted by Gasteiger charge is 2.23. The molecule has 0 saturated carbocycles. The first-order valence-corrected chi connectivity index (χ1v) is 12.3. The quantitative estimate of drug-likeness (QED) is 0.246. The lowest BCUT2D eigenvalue weighted by molar-refractivity contribution is 0.380. The fraction of sp³-hybridized carbons (Fsp3) is 0.455. The second kappa shape index (κ2) is 12.7. The van der Waals surface area contributed by atoms with Gasteiger partial charge in [0, 0.05) is 19.3 Å². The number of nitrogens with one attached hydrogen (secondary N) is 4. The first kappa shape index (κ1) is 26.0. The summed E-state index contributed by atoms with van der Waals surface area (Å²) in [6.07, 6.45) is 0.430. The van der Waals surface area contributed by atoms with Crippen molar-refractivity contribution < 1.29 is 23.5 Å². The van der Waals surface area contributed by atoms with Crippen molar-refractivity contribution in [3.63, 3.8) is 0 Å². The van der Waals surface area contributed by atoms with E-state index in [-0.39, 0.29) is 5.92 Å². The van der Waals surface area contributed by atoms with Gasteiger partial charge in [0.05, 0.1) is 39.6 Å². The summed E-state index contributed by atoms with van der Waals surface area (Å²) in [5.74, 6) is 2.95. The fourth-order valence-corrected chi connectivity index (χ4v) is 5.29. The van der Waals surface area contributed by atoms with Crippen LogP contribution in [0.5, 0.6) is 23.0 Å². The Hall–Kier alpha value is -2.29.